The van der Waals surface area contributed by atoms with E-state index < -0.39 is 0 Å². The first-order chi connectivity index (χ1) is 11.3. The first-order valence-corrected chi connectivity index (χ1v) is 8.28. The van der Waals surface area contributed by atoms with E-state index in [2.05, 4.69) is 25.8 Å². The summed E-state index contributed by atoms with van der Waals surface area (Å²) in [5.74, 6) is 1.36. The number of hydrogen-bond donors (Lipinski definition) is 3. The van der Waals surface area contributed by atoms with Gasteiger partial charge in [-0.25, -0.2) is 4.98 Å². The number of carbonyl (C=O) groups is 1. The molecule has 2 fully saturated rings. The molecule has 2 bridgehead atoms. The minimum absolute atomic E-state index is 0.115. The topological polar surface area (TPSA) is 82.7 Å². The van der Waals surface area contributed by atoms with Crippen LogP contribution in [-0.2, 0) is 4.79 Å². The number of benzene rings is 1. The molecular weight excluding hydrogens is 290 g/mol. The predicted molar refractivity (Wildman–Crippen MR) is 87.7 cm³/mol. The first kappa shape index (κ1) is 14.4. The zero-order valence-electron chi connectivity index (χ0n) is 13.0. The van der Waals surface area contributed by atoms with E-state index >= 15 is 0 Å². The molecule has 120 valence electrons. The molecule has 1 aromatic heterocycles. The van der Waals surface area contributed by atoms with E-state index in [1.165, 1.54) is 19.2 Å². The van der Waals surface area contributed by atoms with Crippen molar-refractivity contribution in [1.29, 1.82) is 0 Å². The van der Waals surface area contributed by atoms with Gasteiger partial charge in [0.1, 0.15) is 6.33 Å². The predicted octanol–water partition coefficient (Wildman–Crippen LogP) is 2.33. The quantitative estimate of drug-likeness (QED) is 0.809. The number of fused-ring (bicyclic) bond motifs is 2. The van der Waals surface area contributed by atoms with Crippen LogP contribution >= 0.6 is 0 Å². The number of amides is 1. The lowest BCUT2D eigenvalue weighted by molar-refractivity contribution is -0.117. The average molecular weight is 311 g/mol. The Balaban J connectivity index is 1.33. The molecule has 6 nitrogen and oxygen atoms in total. The van der Waals surface area contributed by atoms with Crippen LogP contribution in [0.1, 0.15) is 32.1 Å². The molecule has 1 aromatic carbocycles. The molecular formula is C17H21N5O. The highest BCUT2D eigenvalue weighted by molar-refractivity contribution is 5.91. The fraction of sp³-hybridized carbons (Fsp3) is 0.471. The van der Waals surface area contributed by atoms with Crippen LogP contribution in [-0.4, -0.2) is 33.2 Å². The van der Waals surface area contributed by atoms with Gasteiger partial charge in [-0.3, -0.25) is 9.89 Å². The number of anilines is 1. The molecule has 2 atom stereocenters. The summed E-state index contributed by atoms with van der Waals surface area (Å²) in [4.78, 5) is 16.4. The number of H-pyrrole nitrogens is 1. The second-order valence-corrected chi connectivity index (χ2v) is 6.64. The lowest BCUT2D eigenvalue weighted by Crippen LogP contribution is -2.39. The highest BCUT2D eigenvalue weighted by Gasteiger charge is 2.34. The smallest absolute Gasteiger partial charge is 0.224 e. The van der Waals surface area contributed by atoms with Crippen molar-refractivity contribution in [3.63, 3.8) is 0 Å². The van der Waals surface area contributed by atoms with Gasteiger partial charge in [0.2, 0.25) is 5.91 Å². The Morgan fingerprint density at radius 3 is 2.57 bits per heavy atom. The molecule has 3 N–H and O–H groups in total. The Bertz CT molecular complexity index is 655. The molecule has 2 aliphatic rings. The molecule has 2 unspecified atom stereocenters. The highest BCUT2D eigenvalue weighted by atomic mass is 16.1. The number of piperidine rings is 1. The molecule has 2 aromatic rings. The molecule has 6 heteroatoms. The van der Waals surface area contributed by atoms with Crippen molar-refractivity contribution in [2.45, 2.75) is 44.2 Å². The van der Waals surface area contributed by atoms with E-state index in [9.17, 15) is 4.79 Å². The van der Waals surface area contributed by atoms with E-state index in [4.69, 9.17) is 0 Å². The minimum Gasteiger partial charge on any atom is -0.326 e. The Hall–Kier alpha value is -2.21. The lowest BCUT2D eigenvalue weighted by Gasteiger charge is -2.28. The van der Waals surface area contributed by atoms with Gasteiger partial charge < -0.3 is 10.6 Å². The molecule has 2 aliphatic heterocycles. The van der Waals surface area contributed by atoms with E-state index in [1.807, 2.05) is 24.3 Å². The average Bonchev–Trinajstić information content (AvgIpc) is 3.18. The standard InChI is InChI=1S/C17H21N5O/c23-16(9-11-7-14-5-6-15(8-11)20-14)21-13-3-1-12(2-4-13)17-18-10-19-22-17/h1-4,10-11,14-15,20H,5-9H2,(H,21,23)(H,18,19,22). The third kappa shape index (κ3) is 3.27. The zero-order chi connectivity index (χ0) is 15.6. The summed E-state index contributed by atoms with van der Waals surface area (Å²) < 4.78 is 0. The van der Waals surface area contributed by atoms with E-state index in [0.717, 1.165) is 29.9 Å². The van der Waals surface area contributed by atoms with Crippen molar-refractivity contribution in [3.8, 4) is 11.4 Å². The van der Waals surface area contributed by atoms with Crippen LogP contribution in [0.2, 0.25) is 0 Å². The summed E-state index contributed by atoms with van der Waals surface area (Å²) in [5, 5.41) is 13.3. The summed E-state index contributed by atoms with van der Waals surface area (Å²) in [6.07, 6.45) is 6.91. The summed E-state index contributed by atoms with van der Waals surface area (Å²) in [6.45, 7) is 0. The molecule has 0 radical (unpaired) electrons. The fourth-order valence-corrected chi connectivity index (χ4v) is 3.87. The van der Waals surface area contributed by atoms with Crippen LogP contribution in [0.15, 0.2) is 30.6 Å². The van der Waals surface area contributed by atoms with Crippen LogP contribution in [0.25, 0.3) is 11.4 Å². The molecule has 2 saturated heterocycles. The Labute approximate surface area is 135 Å². The largest absolute Gasteiger partial charge is 0.326 e. The Kier molecular flexibility index (Phi) is 3.83. The van der Waals surface area contributed by atoms with Crippen LogP contribution < -0.4 is 10.6 Å². The fourth-order valence-electron chi connectivity index (χ4n) is 3.87. The highest BCUT2D eigenvalue weighted by Crippen LogP contribution is 2.32. The monoisotopic (exact) mass is 311 g/mol. The van der Waals surface area contributed by atoms with Gasteiger partial charge in [0, 0.05) is 29.8 Å². The number of carbonyl (C=O) groups excluding carboxylic acids is 1. The number of rotatable bonds is 4. The third-order valence-electron chi connectivity index (χ3n) is 4.90. The molecule has 0 saturated carbocycles. The number of aromatic nitrogens is 3. The van der Waals surface area contributed by atoms with Gasteiger partial charge in [-0.05, 0) is 55.9 Å². The van der Waals surface area contributed by atoms with E-state index in [-0.39, 0.29) is 5.91 Å². The van der Waals surface area contributed by atoms with Crippen molar-refractivity contribution in [3.05, 3.63) is 30.6 Å². The molecule has 23 heavy (non-hydrogen) atoms. The van der Waals surface area contributed by atoms with Crippen LogP contribution in [0, 0.1) is 5.92 Å². The maximum Gasteiger partial charge on any atom is 0.224 e. The van der Waals surface area contributed by atoms with Gasteiger partial charge in [-0.1, -0.05) is 0 Å². The summed E-state index contributed by atoms with van der Waals surface area (Å²) >= 11 is 0. The second-order valence-electron chi connectivity index (χ2n) is 6.64. The van der Waals surface area contributed by atoms with Gasteiger partial charge in [0.05, 0.1) is 0 Å². The Morgan fingerprint density at radius 1 is 1.17 bits per heavy atom. The Morgan fingerprint density at radius 2 is 1.91 bits per heavy atom. The van der Waals surface area contributed by atoms with Gasteiger partial charge in [0.15, 0.2) is 5.82 Å². The van der Waals surface area contributed by atoms with Crippen molar-refractivity contribution in [1.82, 2.24) is 20.5 Å². The summed E-state index contributed by atoms with van der Waals surface area (Å²) in [5.41, 5.74) is 1.78. The molecule has 4 rings (SSSR count). The molecule has 3 heterocycles. The van der Waals surface area contributed by atoms with Crippen molar-refractivity contribution in [2.24, 2.45) is 5.92 Å². The van der Waals surface area contributed by atoms with Gasteiger partial charge in [-0.2, -0.15) is 5.10 Å². The van der Waals surface area contributed by atoms with Crippen molar-refractivity contribution in [2.75, 3.05) is 5.32 Å². The number of aromatic amines is 1. The molecule has 0 spiro atoms. The molecule has 1 amide bonds. The van der Waals surface area contributed by atoms with Crippen LogP contribution in [0.5, 0.6) is 0 Å². The van der Waals surface area contributed by atoms with Crippen molar-refractivity contribution >= 4 is 11.6 Å². The number of hydrogen-bond acceptors (Lipinski definition) is 4. The SMILES string of the molecule is O=C(CC1CC2CCC(C1)N2)Nc1ccc(-c2ncn[nH]2)cc1. The lowest BCUT2D eigenvalue weighted by atomic mass is 9.89. The van der Waals surface area contributed by atoms with Crippen LogP contribution in [0.4, 0.5) is 5.69 Å². The second kappa shape index (κ2) is 6.12. The normalized spacial score (nSPS) is 26.2. The van der Waals surface area contributed by atoms with Gasteiger partial charge in [-0.15, -0.1) is 0 Å². The van der Waals surface area contributed by atoms with Crippen LogP contribution in [0.3, 0.4) is 0 Å². The number of nitrogens with one attached hydrogen (secondary N) is 3. The van der Waals surface area contributed by atoms with Gasteiger partial charge in [0.25, 0.3) is 0 Å². The van der Waals surface area contributed by atoms with E-state index in [0.29, 0.717) is 24.4 Å². The number of nitrogens with zero attached hydrogens (tertiary/aromatic N) is 2. The first-order valence-electron chi connectivity index (χ1n) is 8.28. The van der Waals surface area contributed by atoms with Crippen molar-refractivity contribution < 1.29 is 4.79 Å². The maximum absolute atomic E-state index is 12.3. The van der Waals surface area contributed by atoms with Gasteiger partial charge >= 0.3 is 0 Å². The maximum atomic E-state index is 12.3. The van der Waals surface area contributed by atoms with E-state index in [1.54, 1.807) is 0 Å². The molecule has 0 aliphatic carbocycles. The summed E-state index contributed by atoms with van der Waals surface area (Å²) in [6, 6.07) is 8.94. The third-order valence-corrected chi connectivity index (χ3v) is 4.90. The zero-order valence-corrected chi connectivity index (χ0v) is 13.0. The summed E-state index contributed by atoms with van der Waals surface area (Å²) in [7, 11) is 0. The minimum atomic E-state index is 0.115.